The lowest BCUT2D eigenvalue weighted by atomic mass is 10.4. The highest BCUT2D eigenvalue weighted by atomic mass is 17.2. The van der Waals surface area contributed by atoms with Crippen molar-refractivity contribution in [3.05, 3.63) is 23.9 Å². The van der Waals surface area contributed by atoms with Crippen molar-refractivity contribution in [3.8, 4) is 0 Å². The van der Waals surface area contributed by atoms with Crippen molar-refractivity contribution in [1.82, 2.24) is 0 Å². The molecule has 2 N–H and O–H groups in total. The molecule has 9 heteroatoms. The van der Waals surface area contributed by atoms with Crippen LogP contribution in [-0.2, 0) is 38.7 Å². The van der Waals surface area contributed by atoms with Crippen molar-refractivity contribution in [1.29, 1.82) is 0 Å². The fraction of sp³-hybridized carbons (Fsp3) is 0. The van der Waals surface area contributed by atoms with Crippen LogP contribution in [0.1, 0.15) is 0 Å². The third kappa shape index (κ3) is 4.03. The molecule has 0 amide bonds. The van der Waals surface area contributed by atoms with Gasteiger partial charge in [-0.3, -0.25) is 0 Å². The van der Waals surface area contributed by atoms with Gasteiger partial charge in [0.15, 0.2) is 0 Å². The number of nitrogens with two attached hydrogens (primary N) is 1. The van der Waals surface area contributed by atoms with Crippen molar-refractivity contribution in [3.63, 3.8) is 0 Å². The SMILES string of the molecule is N/C1=C\C(=O)OOC(=O)/C=C\C(=O)OOC1=O. The predicted octanol–water partition coefficient (Wildman–Crippen LogP) is -1.60. The van der Waals surface area contributed by atoms with E-state index in [0.29, 0.717) is 18.2 Å². The Bertz CT molecular complexity index is 435. The van der Waals surface area contributed by atoms with E-state index in [-0.39, 0.29) is 0 Å². The summed E-state index contributed by atoms with van der Waals surface area (Å²) >= 11 is 0. The van der Waals surface area contributed by atoms with Gasteiger partial charge in [-0.1, -0.05) is 0 Å². The largest absolute Gasteiger partial charge is 0.402 e. The second kappa shape index (κ2) is 5.30. The Balaban J connectivity index is 2.85. The molecule has 9 nitrogen and oxygen atoms in total. The molecule has 1 heterocycles. The van der Waals surface area contributed by atoms with E-state index in [9.17, 15) is 19.2 Å². The lowest BCUT2D eigenvalue weighted by molar-refractivity contribution is -0.254. The van der Waals surface area contributed by atoms with E-state index in [1.165, 1.54) is 0 Å². The van der Waals surface area contributed by atoms with Gasteiger partial charge >= 0.3 is 23.9 Å². The molecule has 0 unspecified atom stereocenters. The fourth-order valence-electron chi connectivity index (χ4n) is 0.611. The first-order chi connectivity index (χ1) is 7.99. The quantitative estimate of drug-likeness (QED) is 0.499. The fourth-order valence-corrected chi connectivity index (χ4v) is 0.611. The molecular formula is C8H5NO8. The van der Waals surface area contributed by atoms with E-state index in [0.717, 1.165) is 0 Å². The van der Waals surface area contributed by atoms with Gasteiger partial charge in [-0.25, -0.2) is 38.7 Å². The number of hydrogen-bond donors (Lipinski definition) is 1. The standard InChI is InChI=1S/C8H5NO8/c9-4-3-7(12)16-14-5(10)1-2-6(11)15-17-8(4)13/h1-3H,9H2/b2-1-,4-3-. The van der Waals surface area contributed by atoms with Crippen LogP contribution < -0.4 is 5.73 Å². The van der Waals surface area contributed by atoms with Gasteiger partial charge in [-0.05, 0) is 0 Å². The monoisotopic (exact) mass is 243 g/mol. The van der Waals surface area contributed by atoms with Gasteiger partial charge in [0.1, 0.15) is 5.70 Å². The third-order valence-electron chi connectivity index (χ3n) is 1.27. The topological polar surface area (TPSA) is 131 Å². The first-order valence-electron chi connectivity index (χ1n) is 3.99. The number of hydrogen-bond acceptors (Lipinski definition) is 9. The van der Waals surface area contributed by atoms with E-state index in [4.69, 9.17) is 5.73 Å². The zero-order valence-electron chi connectivity index (χ0n) is 8.08. The Morgan fingerprint density at radius 2 is 1.24 bits per heavy atom. The maximum atomic E-state index is 11.0. The molecule has 0 aliphatic carbocycles. The Morgan fingerprint density at radius 1 is 0.765 bits per heavy atom. The molecule has 0 radical (unpaired) electrons. The summed E-state index contributed by atoms with van der Waals surface area (Å²) in [6.07, 6.45) is 1.66. The van der Waals surface area contributed by atoms with Gasteiger partial charge in [0.2, 0.25) is 0 Å². The van der Waals surface area contributed by atoms with Gasteiger partial charge in [0.25, 0.3) is 0 Å². The second-order valence-electron chi connectivity index (χ2n) is 2.51. The van der Waals surface area contributed by atoms with E-state index < -0.39 is 29.6 Å². The third-order valence-corrected chi connectivity index (χ3v) is 1.27. The Labute approximate surface area is 93.2 Å². The van der Waals surface area contributed by atoms with E-state index in [2.05, 4.69) is 19.6 Å². The summed E-state index contributed by atoms with van der Waals surface area (Å²) in [5, 5.41) is 0. The smallest absolute Gasteiger partial charge is 0.392 e. The number of carbonyl (C=O) groups excluding carboxylic acids is 4. The predicted molar refractivity (Wildman–Crippen MR) is 45.8 cm³/mol. The van der Waals surface area contributed by atoms with Crippen LogP contribution in [0.2, 0.25) is 0 Å². The molecule has 0 atom stereocenters. The van der Waals surface area contributed by atoms with Crippen molar-refractivity contribution >= 4 is 23.9 Å². The molecule has 17 heavy (non-hydrogen) atoms. The maximum Gasteiger partial charge on any atom is 0.402 e. The molecule has 0 aromatic carbocycles. The molecular weight excluding hydrogens is 238 g/mol. The lowest BCUT2D eigenvalue weighted by Gasteiger charge is -2.02. The molecule has 90 valence electrons. The Kier molecular flexibility index (Phi) is 3.81. The maximum absolute atomic E-state index is 11.0. The first-order valence-corrected chi connectivity index (χ1v) is 3.99. The first kappa shape index (κ1) is 12.2. The molecule has 0 aromatic heterocycles. The van der Waals surface area contributed by atoms with Crippen molar-refractivity contribution in [2.75, 3.05) is 0 Å². The van der Waals surface area contributed by atoms with Gasteiger partial charge < -0.3 is 5.73 Å². The average molecular weight is 243 g/mol. The Morgan fingerprint density at radius 3 is 1.82 bits per heavy atom. The molecule has 0 bridgehead atoms. The second-order valence-corrected chi connectivity index (χ2v) is 2.51. The van der Waals surface area contributed by atoms with Gasteiger partial charge in [-0.15, -0.1) is 0 Å². The van der Waals surface area contributed by atoms with Gasteiger partial charge in [0.05, 0.1) is 6.08 Å². The molecule has 0 aromatic rings. The van der Waals surface area contributed by atoms with E-state index in [1.807, 2.05) is 0 Å². The minimum atomic E-state index is -1.28. The van der Waals surface area contributed by atoms with Crippen LogP contribution in [0, 0.1) is 0 Å². The van der Waals surface area contributed by atoms with Crippen LogP contribution in [0.15, 0.2) is 23.9 Å². The summed E-state index contributed by atoms with van der Waals surface area (Å²) in [4.78, 5) is 59.1. The van der Waals surface area contributed by atoms with Gasteiger partial charge in [0, 0.05) is 12.2 Å². The zero-order valence-corrected chi connectivity index (χ0v) is 8.08. The molecule has 0 fully saturated rings. The van der Waals surface area contributed by atoms with Gasteiger partial charge in [-0.2, -0.15) is 0 Å². The van der Waals surface area contributed by atoms with E-state index >= 15 is 0 Å². The molecule has 0 spiro atoms. The van der Waals surface area contributed by atoms with Crippen LogP contribution in [0.4, 0.5) is 0 Å². The highest BCUT2D eigenvalue weighted by Gasteiger charge is 2.16. The lowest BCUT2D eigenvalue weighted by Crippen LogP contribution is -2.20. The molecule has 0 saturated heterocycles. The molecule has 0 saturated carbocycles. The highest BCUT2D eigenvalue weighted by molar-refractivity contribution is 5.97. The molecule has 1 rings (SSSR count). The van der Waals surface area contributed by atoms with E-state index in [1.54, 1.807) is 0 Å². The Hall–Kier alpha value is -2.84. The van der Waals surface area contributed by atoms with Crippen LogP contribution in [0.5, 0.6) is 0 Å². The average Bonchev–Trinajstić information content (AvgIpc) is 2.29. The van der Waals surface area contributed by atoms with Crippen molar-refractivity contribution in [2.24, 2.45) is 5.73 Å². The highest BCUT2D eigenvalue weighted by Crippen LogP contribution is 1.97. The van der Waals surface area contributed by atoms with Crippen LogP contribution >= 0.6 is 0 Å². The summed E-state index contributed by atoms with van der Waals surface area (Å²) in [5.41, 5.74) is 4.36. The zero-order chi connectivity index (χ0) is 12.8. The number of rotatable bonds is 0. The minimum absolute atomic E-state index is 0.481. The molecule has 1 aliphatic heterocycles. The summed E-state index contributed by atoms with van der Waals surface area (Å²) in [6.45, 7) is 0. The van der Waals surface area contributed by atoms with Crippen LogP contribution in [0.25, 0.3) is 0 Å². The minimum Gasteiger partial charge on any atom is -0.392 e. The number of carbonyl (C=O) groups is 4. The van der Waals surface area contributed by atoms with Crippen LogP contribution in [-0.4, -0.2) is 23.9 Å². The molecule has 1 aliphatic rings. The summed E-state index contributed by atoms with van der Waals surface area (Å²) in [5.74, 6) is -4.80. The van der Waals surface area contributed by atoms with Crippen molar-refractivity contribution in [2.45, 2.75) is 0 Å². The normalized spacial score (nSPS) is 22.7. The summed E-state index contributed by atoms with van der Waals surface area (Å²) < 4.78 is 0. The summed E-state index contributed by atoms with van der Waals surface area (Å²) in [6, 6.07) is 0. The van der Waals surface area contributed by atoms with Crippen LogP contribution in [0.3, 0.4) is 0 Å². The van der Waals surface area contributed by atoms with Crippen molar-refractivity contribution < 1.29 is 38.7 Å². The summed E-state index contributed by atoms with van der Waals surface area (Å²) in [7, 11) is 0.